The first-order valence-corrected chi connectivity index (χ1v) is 6.80. The Morgan fingerprint density at radius 1 is 1.25 bits per heavy atom. The van der Waals surface area contributed by atoms with E-state index in [1.165, 1.54) is 10.9 Å². The zero-order chi connectivity index (χ0) is 13.9. The highest BCUT2D eigenvalue weighted by molar-refractivity contribution is 5.81. The zero-order valence-electron chi connectivity index (χ0n) is 11.8. The van der Waals surface area contributed by atoms with Crippen LogP contribution in [0.15, 0.2) is 42.7 Å². The van der Waals surface area contributed by atoms with Gasteiger partial charge in [0.15, 0.2) is 0 Å². The molecule has 0 amide bonds. The molecule has 0 saturated heterocycles. The van der Waals surface area contributed by atoms with Crippen molar-refractivity contribution in [1.82, 2.24) is 14.5 Å². The Bertz CT molecular complexity index is 730. The smallest absolute Gasteiger partial charge is 0.129 e. The molecule has 3 rings (SSSR count). The number of rotatable bonds is 4. The van der Waals surface area contributed by atoms with E-state index in [2.05, 4.69) is 34.3 Å². The molecule has 2 aromatic heterocycles. The lowest BCUT2D eigenvalue weighted by atomic mass is 10.1. The second kappa shape index (κ2) is 5.33. The van der Waals surface area contributed by atoms with Crippen molar-refractivity contribution in [2.45, 2.75) is 13.3 Å². The van der Waals surface area contributed by atoms with Crippen molar-refractivity contribution in [2.24, 2.45) is 7.05 Å². The molecular weight excluding hydrogens is 248 g/mol. The highest BCUT2D eigenvalue weighted by Crippen LogP contribution is 2.19. The fourth-order valence-corrected chi connectivity index (χ4v) is 2.33. The van der Waals surface area contributed by atoms with E-state index >= 15 is 0 Å². The second-order valence-corrected chi connectivity index (χ2v) is 4.98. The van der Waals surface area contributed by atoms with Crippen LogP contribution in [0.1, 0.15) is 11.4 Å². The quantitative estimate of drug-likeness (QED) is 0.789. The minimum atomic E-state index is 0.830. The largest absolute Gasteiger partial charge is 0.369 e. The molecule has 0 radical (unpaired) electrons. The molecule has 0 atom stereocenters. The van der Waals surface area contributed by atoms with Crippen molar-refractivity contribution >= 4 is 16.7 Å². The first-order valence-electron chi connectivity index (χ1n) is 6.80. The average molecular weight is 266 g/mol. The third kappa shape index (κ3) is 2.50. The lowest BCUT2D eigenvalue weighted by Crippen LogP contribution is -2.10. The zero-order valence-corrected chi connectivity index (χ0v) is 11.8. The van der Waals surface area contributed by atoms with Gasteiger partial charge in [-0.3, -0.25) is 0 Å². The summed E-state index contributed by atoms with van der Waals surface area (Å²) in [7, 11) is 2.02. The van der Waals surface area contributed by atoms with E-state index in [1.807, 2.05) is 42.2 Å². The monoisotopic (exact) mass is 266 g/mol. The summed E-state index contributed by atoms with van der Waals surface area (Å²) >= 11 is 0. The van der Waals surface area contributed by atoms with Crippen LogP contribution >= 0.6 is 0 Å². The average Bonchev–Trinajstić information content (AvgIpc) is 2.85. The third-order valence-electron chi connectivity index (χ3n) is 3.48. The van der Waals surface area contributed by atoms with E-state index in [4.69, 9.17) is 0 Å². The van der Waals surface area contributed by atoms with E-state index in [0.29, 0.717) is 0 Å². The lowest BCUT2D eigenvalue weighted by molar-refractivity contribution is 0.788. The maximum atomic E-state index is 4.68. The standard InChI is InChI=1S/C16H18N4/c1-12-11-13-5-3-4-6-14(13)19-16(12)18-8-7-15-17-9-10-20(15)2/h3-6,9-11H,7-8H2,1-2H3,(H,18,19). The van der Waals surface area contributed by atoms with Gasteiger partial charge in [0.1, 0.15) is 11.6 Å². The highest BCUT2D eigenvalue weighted by atomic mass is 15.0. The van der Waals surface area contributed by atoms with Gasteiger partial charge < -0.3 is 9.88 Å². The molecule has 0 spiro atoms. The molecule has 3 aromatic rings. The van der Waals surface area contributed by atoms with Crippen molar-refractivity contribution in [2.75, 3.05) is 11.9 Å². The van der Waals surface area contributed by atoms with Crippen molar-refractivity contribution in [3.05, 3.63) is 54.1 Å². The molecule has 0 unspecified atom stereocenters. The van der Waals surface area contributed by atoms with Crippen molar-refractivity contribution in [3.8, 4) is 0 Å². The molecular formula is C16H18N4. The predicted molar refractivity (Wildman–Crippen MR) is 81.9 cm³/mol. The molecule has 0 fully saturated rings. The fraction of sp³-hybridized carbons (Fsp3) is 0.250. The molecule has 20 heavy (non-hydrogen) atoms. The van der Waals surface area contributed by atoms with Crippen LogP contribution in [0.25, 0.3) is 10.9 Å². The molecule has 0 aliphatic rings. The summed E-state index contributed by atoms with van der Waals surface area (Å²) in [5, 5.41) is 4.59. The van der Waals surface area contributed by atoms with Crippen LogP contribution < -0.4 is 5.32 Å². The number of aryl methyl sites for hydroxylation is 2. The number of pyridine rings is 1. The number of benzene rings is 1. The van der Waals surface area contributed by atoms with Crippen molar-refractivity contribution in [1.29, 1.82) is 0 Å². The second-order valence-electron chi connectivity index (χ2n) is 4.98. The van der Waals surface area contributed by atoms with Gasteiger partial charge in [-0.15, -0.1) is 0 Å². The van der Waals surface area contributed by atoms with E-state index in [0.717, 1.165) is 30.1 Å². The Labute approximate surface area is 118 Å². The molecule has 0 saturated carbocycles. The minimum absolute atomic E-state index is 0.830. The van der Waals surface area contributed by atoms with E-state index in [9.17, 15) is 0 Å². The molecule has 4 nitrogen and oxygen atoms in total. The van der Waals surface area contributed by atoms with Crippen LogP contribution in [0, 0.1) is 6.92 Å². The Balaban J connectivity index is 1.74. The molecule has 4 heteroatoms. The van der Waals surface area contributed by atoms with Crippen LogP contribution in [0.2, 0.25) is 0 Å². The van der Waals surface area contributed by atoms with E-state index in [-0.39, 0.29) is 0 Å². The summed E-state index contributed by atoms with van der Waals surface area (Å²) < 4.78 is 2.04. The van der Waals surface area contributed by atoms with Gasteiger partial charge in [0, 0.05) is 37.8 Å². The number of hydrogen-bond donors (Lipinski definition) is 1. The highest BCUT2D eigenvalue weighted by Gasteiger charge is 2.04. The summed E-state index contributed by atoms with van der Waals surface area (Å²) in [5.74, 6) is 2.04. The first-order chi connectivity index (χ1) is 9.74. The van der Waals surface area contributed by atoms with Crippen LogP contribution in [0.4, 0.5) is 5.82 Å². The van der Waals surface area contributed by atoms with Gasteiger partial charge in [-0.2, -0.15) is 0 Å². The number of nitrogens with zero attached hydrogens (tertiary/aromatic N) is 3. The number of para-hydroxylation sites is 1. The van der Waals surface area contributed by atoms with Gasteiger partial charge >= 0.3 is 0 Å². The minimum Gasteiger partial charge on any atom is -0.369 e. The maximum absolute atomic E-state index is 4.68. The van der Waals surface area contributed by atoms with Crippen molar-refractivity contribution < 1.29 is 0 Å². The van der Waals surface area contributed by atoms with Gasteiger partial charge in [-0.25, -0.2) is 9.97 Å². The Hall–Kier alpha value is -2.36. The topological polar surface area (TPSA) is 42.7 Å². The Kier molecular flexibility index (Phi) is 3.37. The van der Waals surface area contributed by atoms with Gasteiger partial charge in [0.25, 0.3) is 0 Å². The summed E-state index contributed by atoms with van der Waals surface area (Å²) in [6.45, 7) is 2.92. The lowest BCUT2D eigenvalue weighted by Gasteiger charge is -2.10. The summed E-state index contributed by atoms with van der Waals surface area (Å²) in [6.07, 6.45) is 4.68. The SMILES string of the molecule is Cc1cc2ccccc2nc1NCCc1nccn1C. The van der Waals surface area contributed by atoms with Gasteiger partial charge in [-0.1, -0.05) is 18.2 Å². The van der Waals surface area contributed by atoms with Gasteiger partial charge in [0.2, 0.25) is 0 Å². The predicted octanol–water partition coefficient (Wildman–Crippen LogP) is 2.93. The number of anilines is 1. The summed E-state index contributed by atoms with van der Waals surface area (Å²) in [6, 6.07) is 10.4. The maximum Gasteiger partial charge on any atom is 0.129 e. The number of nitrogens with one attached hydrogen (secondary N) is 1. The molecule has 0 bridgehead atoms. The van der Waals surface area contributed by atoms with E-state index < -0.39 is 0 Å². The third-order valence-corrected chi connectivity index (χ3v) is 3.48. The number of hydrogen-bond acceptors (Lipinski definition) is 3. The Morgan fingerprint density at radius 3 is 2.90 bits per heavy atom. The summed E-state index contributed by atoms with van der Waals surface area (Å²) in [5.41, 5.74) is 2.20. The molecule has 1 aromatic carbocycles. The first kappa shape index (κ1) is 12.7. The molecule has 2 heterocycles. The Morgan fingerprint density at radius 2 is 2.10 bits per heavy atom. The summed E-state index contributed by atoms with van der Waals surface area (Å²) in [4.78, 5) is 9.00. The number of imidazole rings is 1. The van der Waals surface area contributed by atoms with Crippen LogP contribution in [-0.4, -0.2) is 21.1 Å². The van der Waals surface area contributed by atoms with Crippen LogP contribution in [0.3, 0.4) is 0 Å². The van der Waals surface area contributed by atoms with Gasteiger partial charge in [0.05, 0.1) is 5.52 Å². The molecule has 102 valence electrons. The molecule has 0 aliphatic carbocycles. The van der Waals surface area contributed by atoms with Crippen molar-refractivity contribution in [3.63, 3.8) is 0 Å². The van der Waals surface area contributed by atoms with E-state index in [1.54, 1.807) is 0 Å². The normalized spacial score (nSPS) is 10.9. The van der Waals surface area contributed by atoms with Gasteiger partial charge in [-0.05, 0) is 24.6 Å². The number of aromatic nitrogens is 3. The number of fused-ring (bicyclic) bond motifs is 1. The molecule has 0 aliphatic heterocycles. The molecule has 1 N–H and O–H groups in total. The fourth-order valence-electron chi connectivity index (χ4n) is 2.33. The van der Waals surface area contributed by atoms with Crippen LogP contribution in [0.5, 0.6) is 0 Å². The van der Waals surface area contributed by atoms with Crippen LogP contribution in [-0.2, 0) is 13.5 Å².